The normalized spacial score (nSPS) is 22.1. The number of carbonyl (C=O) groups excluding carboxylic acids is 1. The average molecular weight is 447 g/mol. The minimum atomic E-state index is -0.720. The summed E-state index contributed by atoms with van der Waals surface area (Å²) < 4.78 is 22.3. The van der Waals surface area contributed by atoms with Gasteiger partial charge in [0, 0.05) is 19.4 Å². The van der Waals surface area contributed by atoms with Crippen LogP contribution in [0.4, 0.5) is 0 Å². The van der Waals surface area contributed by atoms with Crippen LogP contribution in [0.5, 0.6) is 5.75 Å². The first-order valence-electron chi connectivity index (χ1n) is 11.4. The number of aryl methyl sites for hydroxylation is 1. The molecule has 1 fully saturated rings. The summed E-state index contributed by atoms with van der Waals surface area (Å²) in [6.07, 6.45) is 9.79. The van der Waals surface area contributed by atoms with E-state index in [1.807, 2.05) is 51.1 Å². The zero-order valence-electron chi connectivity index (χ0n) is 19.7. The molecule has 32 heavy (non-hydrogen) atoms. The predicted octanol–water partition coefficient (Wildman–Crippen LogP) is 4.39. The van der Waals surface area contributed by atoms with Gasteiger partial charge in [0.05, 0.1) is 24.9 Å². The summed E-state index contributed by atoms with van der Waals surface area (Å²) in [5.41, 5.74) is 1.11. The van der Waals surface area contributed by atoms with Crippen LogP contribution in [0.25, 0.3) is 0 Å². The lowest BCUT2D eigenvalue weighted by Gasteiger charge is -2.18. The van der Waals surface area contributed by atoms with Gasteiger partial charge in [0.15, 0.2) is 0 Å². The second kappa shape index (κ2) is 14.1. The smallest absolute Gasteiger partial charge is 0.306 e. The van der Waals surface area contributed by atoms with Gasteiger partial charge in [0.2, 0.25) is 0 Å². The van der Waals surface area contributed by atoms with E-state index in [-0.39, 0.29) is 36.8 Å². The van der Waals surface area contributed by atoms with Crippen LogP contribution in [0.3, 0.4) is 0 Å². The first-order valence-corrected chi connectivity index (χ1v) is 11.4. The number of aliphatic hydroxyl groups is 1. The Hall–Kier alpha value is -2.15. The molecule has 2 unspecified atom stereocenters. The van der Waals surface area contributed by atoms with Gasteiger partial charge in [0.25, 0.3) is 0 Å². The van der Waals surface area contributed by atoms with E-state index >= 15 is 0 Å². The molecule has 0 aliphatic carbocycles. The van der Waals surface area contributed by atoms with Gasteiger partial charge in [-0.3, -0.25) is 4.79 Å². The second-order valence-corrected chi connectivity index (χ2v) is 8.45. The number of rotatable bonds is 13. The monoisotopic (exact) mass is 446 g/mol. The molecule has 0 bridgehead atoms. The largest absolute Gasteiger partial charge is 0.491 e. The first kappa shape index (κ1) is 26.1. The van der Waals surface area contributed by atoms with Crippen LogP contribution < -0.4 is 4.74 Å². The molecule has 2 rings (SSSR count). The molecule has 0 aromatic heterocycles. The molecule has 4 atom stereocenters. The molecule has 0 radical (unpaired) electrons. The van der Waals surface area contributed by atoms with E-state index in [1.54, 1.807) is 13.2 Å². The molecule has 0 saturated carbocycles. The molecule has 1 N–H and O–H groups in total. The highest BCUT2D eigenvalue weighted by Gasteiger charge is 2.35. The summed E-state index contributed by atoms with van der Waals surface area (Å²) in [7, 11) is 1.70. The van der Waals surface area contributed by atoms with Crippen LogP contribution in [-0.4, -0.2) is 55.8 Å². The van der Waals surface area contributed by atoms with E-state index in [4.69, 9.17) is 18.9 Å². The SMILES string of the molecule is COC1CO[C@H](/C=C/C(O)COc2cccc(C)c2)[C@H]1C/C=C\CCCC(=O)OC(C)C. The molecule has 178 valence electrons. The molecule has 1 heterocycles. The van der Waals surface area contributed by atoms with Gasteiger partial charge in [-0.2, -0.15) is 0 Å². The van der Waals surface area contributed by atoms with Crippen LogP contribution in [0.1, 0.15) is 45.1 Å². The second-order valence-electron chi connectivity index (χ2n) is 8.45. The van der Waals surface area contributed by atoms with Gasteiger partial charge >= 0.3 is 5.97 Å². The van der Waals surface area contributed by atoms with Crippen molar-refractivity contribution in [2.75, 3.05) is 20.3 Å². The number of hydrogen-bond donors (Lipinski definition) is 1. The summed E-state index contributed by atoms with van der Waals surface area (Å²) in [4.78, 5) is 11.6. The van der Waals surface area contributed by atoms with Gasteiger partial charge in [-0.15, -0.1) is 0 Å². The van der Waals surface area contributed by atoms with E-state index in [2.05, 4.69) is 12.2 Å². The Morgan fingerprint density at radius 3 is 2.84 bits per heavy atom. The highest BCUT2D eigenvalue weighted by atomic mass is 16.5. The minimum Gasteiger partial charge on any atom is -0.491 e. The predicted molar refractivity (Wildman–Crippen MR) is 125 cm³/mol. The van der Waals surface area contributed by atoms with Crippen molar-refractivity contribution in [2.45, 2.75) is 70.9 Å². The molecule has 1 aliphatic heterocycles. The number of benzene rings is 1. The molecule has 1 aliphatic rings. The number of hydrogen-bond acceptors (Lipinski definition) is 6. The van der Waals surface area contributed by atoms with Crippen molar-refractivity contribution >= 4 is 5.97 Å². The lowest BCUT2D eigenvalue weighted by molar-refractivity contribution is -0.147. The lowest BCUT2D eigenvalue weighted by atomic mass is 9.94. The van der Waals surface area contributed by atoms with Crippen LogP contribution >= 0.6 is 0 Å². The number of allylic oxidation sites excluding steroid dienone is 2. The van der Waals surface area contributed by atoms with Gasteiger partial charge in [-0.1, -0.05) is 36.4 Å². The number of carbonyl (C=O) groups is 1. The van der Waals surface area contributed by atoms with Gasteiger partial charge < -0.3 is 24.1 Å². The fraction of sp³-hybridized carbons (Fsp3) is 0.577. The van der Waals surface area contributed by atoms with Crippen molar-refractivity contribution in [1.29, 1.82) is 0 Å². The Balaban J connectivity index is 1.77. The van der Waals surface area contributed by atoms with E-state index in [0.29, 0.717) is 13.0 Å². The Bertz CT molecular complexity index is 742. The lowest BCUT2D eigenvalue weighted by Crippen LogP contribution is -2.24. The number of methoxy groups -OCH3 is 1. The van der Waals surface area contributed by atoms with Crippen molar-refractivity contribution in [3.63, 3.8) is 0 Å². The molecular weight excluding hydrogens is 408 g/mol. The van der Waals surface area contributed by atoms with Crippen LogP contribution in [0.15, 0.2) is 48.6 Å². The summed E-state index contributed by atoms with van der Waals surface area (Å²) in [5, 5.41) is 10.3. The number of ether oxygens (including phenoxy) is 4. The molecule has 1 aromatic carbocycles. The number of esters is 1. The quantitative estimate of drug-likeness (QED) is 0.275. The molecule has 0 amide bonds. The maximum absolute atomic E-state index is 11.6. The number of aliphatic hydroxyl groups excluding tert-OH is 1. The van der Waals surface area contributed by atoms with Gasteiger partial charge in [-0.05, 0) is 57.7 Å². The van der Waals surface area contributed by atoms with E-state index in [9.17, 15) is 9.90 Å². The standard InChI is InChI=1S/C26H38O6/c1-19(2)32-26(28)13-8-6-5-7-12-23-24(31-18-25(23)29-4)15-14-21(27)17-30-22-11-9-10-20(3)16-22/h5,7,9-11,14-16,19,21,23-25,27H,6,8,12-13,17-18H2,1-4H3/b7-5-,15-14+/t21?,23-,24-,25?/m1/s1. The third kappa shape index (κ3) is 9.55. The summed E-state index contributed by atoms with van der Waals surface area (Å²) in [6, 6.07) is 7.75. The molecule has 6 nitrogen and oxygen atoms in total. The topological polar surface area (TPSA) is 74.2 Å². The average Bonchev–Trinajstić information content (AvgIpc) is 3.14. The third-order valence-corrected chi connectivity index (χ3v) is 5.28. The van der Waals surface area contributed by atoms with E-state index < -0.39 is 6.10 Å². The van der Waals surface area contributed by atoms with Crippen LogP contribution in [0.2, 0.25) is 0 Å². The molecule has 6 heteroatoms. The van der Waals surface area contributed by atoms with Crippen molar-refractivity contribution in [3.05, 3.63) is 54.1 Å². The zero-order chi connectivity index (χ0) is 23.3. The highest BCUT2D eigenvalue weighted by molar-refractivity contribution is 5.69. The highest BCUT2D eigenvalue weighted by Crippen LogP contribution is 2.28. The van der Waals surface area contributed by atoms with Crippen molar-refractivity contribution in [3.8, 4) is 5.75 Å². The Labute approximate surface area is 192 Å². The van der Waals surface area contributed by atoms with E-state index in [0.717, 1.165) is 30.6 Å². The summed E-state index contributed by atoms with van der Waals surface area (Å²) >= 11 is 0. The van der Waals surface area contributed by atoms with Gasteiger partial charge in [-0.25, -0.2) is 0 Å². The fourth-order valence-electron chi connectivity index (χ4n) is 3.63. The maximum Gasteiger partial charge on any atom is 0.306 e. The summed E-state index contributed by atoms with van der Waals surface area (Å²) in [6.45, 7) is 6.43. The summed E-state index contributed by atoms with van der Waals surface area (Å²) in [5.74, 6) is 0.768. The Morgan fingerprint density at radius 2 is 2.12 bits per heavy atom. The zero-order valence-corrected chi connectivity index (χ0v) is 19.7. The van der Waals surface area contributed by atoms with Crippen LogP contribution in [0, 0.1) is 12.8 Å². The molecule has 1 saturated heterocycles. The van der Waals surface area contributed by atoms with Gasteiger partial charge in [0.1, 0.15) is 18.5 Å². The van der Waals surface area contributed by atoms with Crippen molar-refractivity contribution < 1.29 is 28.8 Å². The first-order chi connectivity index (χ1) is 15.4. The van der Waals surface area contributed by atoms with Crippen molar-refractivity contribution in [1.82, 2.24) is 0 Å². The van der Waals surface area contributed by atoms with E-state index in [1.165, 1.54) is 0 Å². The molecule has 1 aromatic rings. The fourth-order valence-corrected chi connectivity index (χ4v) is 3.63. The number of unbranched alkanes of at least 4 members (excludes halogenated alkanes) is 1. The molecule has 0 spiro atoms. The minimum absolute atomic E-state index is 0.0102. The maximum atomic E-state index is 11.6. The Kier molecular flexibility index (Phi) is 11.5. The van der Waals surface area contributed by atoms with Crippen molar-refractivity contribution in [2.24, 2.45) is 5.92 Å². The third-order valence-electron chi connectivity index (χ3n) is 5.28. The Morgan fingerprint density at radius 1 is 1.31 bits per heavy atom. The molecular formula is C26H38O6. The van der Waals surface area contributed by atoms with Crippen LogP contribution in [-0.2, 0) is 19.0 Å².